The molecule has 1 fully saturated rings. The fraction of sp³-hybridized carbons (Fsp3) is 0.733. The van der Waals surface area contributed by atoms with Gasteiger partial charge in [-0.25, -0.2) is 4.98 Å². The van der Waals surface area contributed by atoms with E-state index in [1.165, 1.54) is 11.3 Å². The van der Waals surface area contributed by atoms with Gasteiger partial charge in [-0.1, -0.05) is 27.2 Å². The van der Waals surface area contributed by atoms with Gasteiger partial charge in [-0.2, -0.15) is 0 Å². The molecule has 20 heavy (non-hydrogen) atoms. The highest BCUT2D eigenvalue weighted by molar-refractivity contribution is 7.13. The van der Waals surface area contributed by atoms with Gasteiger partial charge < -0.3 is 10.6 Å². The molecule has 4 nitrogen and oxygen atoms in total. The first-order valence-electron chi connectivity index (χ1n) is 7.43. The molecule has 1 saturated carbocycles. The van der Waals surface area contributed by atoms with Crippen molar-refractivity contribution < 1.29 is 4.79 Å². The molecule has 0 spiro atoms. The number of anilines is 1. The molecule has 1 aliphatic rings. The molecule has 2 unspecified atom stereocenters. The van der Waals surface area contributed by atoms with Crippen LogP contribution in [0.3, 0.4) is 0 Å². The van der Waals surface area contributed by atoms with Gasteiger partial charge in [-0.05, 0) is 31.7 Å². The minimum Gasteiger partial charge on any atom is -0.309 e. The number of thiazole rings is 1. The number of nitrogens with one attached hydrogen (secondary N) is 2. The Morgan fingerprint density at radius 1 is 1.60 bits per heavy atom. The lowest BCUT2D eigenvalue weighted by Gasteiger charge is -2.25. The maximum Gasteiger partial charge on any atom is 0.229 e. The van der Waals surface area contributed by atoms with Crippen LogP contribution in [0.2, 0.25) is 0 Å². The first kappa shape index (κ1) is 15.4. The molecular formula is C15H25N3OS. The Hall–Kier alpha value is -0.940. The van der Waals surface area contributed by atoms with Crippen molar-refractivity contribution in [1.82, 2.24) is 10.3 Å². The van der Waals surface area contributed by atoms with E-state index in [0.29, 0.717) is 0 Å². The standard InChI is InChI=1S/C15H25N3OS/c1-5-16-10(2)12-9-20-14(17-12)18-13(19)11-7-6-8-15(11,3)4/h9-11,16H,5-8H2,1-4H3,(H,17,18,19). The zero-order valence-corrected chi connectivity index (χ0v) is 13.6. The van der Waals surface area contributed by atoms with Gasteiger partial charge in [-0.3, -0.25) is 4.79 Å². The topological polar surface area (TPSA) is 54.0 Å². The molecule has 2 rings (SSSR count). The van der Waals surface area contributed by atoms with Crippen molar-refractivity contribution in [2.75, 3.05) is 11.9 Å². The largest absolute Gasteiger partial charge is 0.309 e. The monoisotopic (exact) mass is 295 g/mol. The van der Waals surface area contributed by atoms with Crippen LogP contribution in [0.15, 0.2) is 5.38 Å². The summed E-state index contributed by atoms with van der Waals surface area (Å²) in [5, 5.41) is 9.06. The van der Waals surface area contributed by atoms with Gasteiger partial charge in [-0.15, -0.1) is 11.3 Å². The Morgan fingerprint density at radius 2 is 2.35 bits per heavy atom. The van der Waals surface area contributed by atoms with E-state index < -0.39 is 0 Å². The van der Waals surface area contributed by atoms with Crippen LogP contribution in [0.5, 0.6) is 0 Å². The second-order valence-electron chi connectivity index (χ2n) is 6.28. The number of hydrogen-bond acceptors (Lipinski definition) is 4. The smallest absolute Gasteiger partial charge is 0.229 e. The van der Waals surface area contributed by atoms with Crippen LogP contribution < -0.4 is 10.6 Å². The molecule has 2 atom stereocenters. The van der Waals surface area contributed by atoms with Gasteiger partial charge in [0.25, 0.3) is 0 Å². The summed E-state index contributed by atoms with van der Waals surface area (Å²) in [6, 6.07) is 0.227. The van der Waals surface area contributed by atoms with E-state index >= 15 is 0 Å². The molecule has 1 aromatic heterocycles. The van der Waals surface area contributed by atoms with E-state index in [4.69, 9.17) is 0 Å². The summed E-state index contributed by atoms with van der Waals surface area (Å²) in [5.41, 5.74) is 1.11. The van der Waals surface area contributed by atoms with Gasteiger partial charge in [0.15, 0.2) is 5.13 Å². The summed E-state index contributed by atoms with van der Waals surface area (Å²) in [4.78, 5) is 16.9. The summed E-state index contributed by atoms with van der Waals surface area (Å²) >= 11 is 1.51. The fourth-order valence-corrected chi connectivity index (χ4v) is 3.77. The molecule has 1 heterocycles. The zero-order valence-electron chi connectivity index (χ0n) is 12.8. The molecule has 0 bridgehead atoms. The lowest BCUT2D eigenvalue weighted by molar-refractivity contribution is -0.122. The third-order valence-electron chi connectivity index (χ3n) is 4.28. The quantitative estimate of drug-likeness (QED) is 0.873. The average molecular weight is 295 g/mol. The van der Waals surface area contributed by atoms with E-state index in [9.17, 15) is 4.79 Å². The van der Waals surface area contributed by atoms with Crippen LogP contribution in [-0.4, -0.2) is 17.4 Å². The van der Waals surface area contributed by atoms with E-state index in [2.05, 4.69) is 43.3 Å². The van der Waals surface area contributed by atoms with Gasteiger partial charge in [0, 0.05) is 17.3 Å². The average Bonchev–Trinajstić information content (AvgIpc) is 2.95. The number of carbonyl (C=O) groups is 1. The molecule has 1 aromatic rings. The fourth-order valence-electron chi connectivity index (χ4n) is 2.96. The number of amides is 1. The molecule has 2 N–H and O–H groups in total. The minimum absolute atomic E-state index is 0.112. The van der Waals surface area contributed by atoms with E-state index in [-0.39, 0.29) is 23.3 Å². The normalized spacial score (nSPS) is 22.7. The summed E-state index contributed by atoms with van der Waals surface area (Å²) in [6.07, 6.45) is 3.27. The molecule has 0 radical (unpaired) electrons. The number of aromatic nitrogens is 1. The molecule has 112 valence electrons. The number of carbonyl (C=O) groups excluding carboxylic acids is 1. The second kappa shape index (κ2) is 6.22. The summed E-state index contributed by atoms with van der Waals surface area (Å²) in [5.74, 6) is 0.241. The van der Waals surface area contributed by atoms with Crippen molar-refractivity contribution in [2.24, 2.45) is 11.3 Å². The first-order valence-corrected chi connectivity index (χ1v) is 8.31. The molecule has 0 aliphatic heterocycles. The third kappa shape index (κ3) is 3.38. The predicted octanol–water partition coefficient (Wildman–Crippen LogP) is 3.58. The van der Waals surface area contributed by atoms with Crippen LogP contribution in [-0.2, 0) is 4.79 Å². The van der Waals surface area contributed by atoms with Crippen LogP contribution in [0.25, 0.3) is 0 Å². The molecule has 5 heteroatoms. The summed E-state index contributed by atoms with van der Waals surface area (Å²) < 4.78 is 0. The Balaban J connectivity index is 1.98. The van der Waals surface area contributed by atoms with Crippen molar-refractivity contribution in [1.29, 1.82) is 0 Å². The minimum atomic E-state index is 0.112. The second-order valence-corrected chi connectivity index (χ2v) is 7.14. The van der Waals surface area contributed by atoms with E-state index in [0.717, 1.165) is 36.6 Å². The van der Waals surface area contributed by atoms with Crippen molar-refractivity contribution in [2.45, 2.75) is 53.0 Å². The van der Waals surface area contributed by atoms with Crippen molar-refractivity contribution in [3.8, 4) is 0 Å². The third-order valence-corrected chi connectivity index (χ3v) is 5.06. The predicted molar refractivity (Wildman–Crippen MR) is 84.0 cm³/mol. The molecule has 1 aliphatic carbocycles. The number of rotatable bonds is 5. The lowest BCUT2D eigenvalue weighted by Crippen LogP contribution is -2.30. The Kier molecular flexibility index (Phi) is 4.81. The van der Waals surface area contributed by atoms with Crippen LogP contribution in [0.1, 0.15) is 58.7 Å². The van der Waals surface area contributed by atoms with Crippen molar-refractivity contribution in [3.63, 3.8) is 0 Å². The highest BCUT2D eigenvalue weighted by Gasteiger charge is 2.39. The van der Waals surface area contributed by atoms with Gasteiger partial charge in [0.1, 0.15) is 0 Å². The zero-order chi connectivity index (χ0) is 14.8. The van der Waals surface area contributed by atoms with Gasteiger partial charge >= 0.3 is 0 Å². The SMILES string of the molecule is CCNC(C)c1csc(NC(=O)C2CCCC2(C)C)n1. The Labute approximate surface area is 125 Å². The Morgan fingerprint density at radius 3 is 2.95 bits per heavy atom. The number of nitrogens with zero attached hydrogens (tertiary/aromatic N) is 1. The Bertz CT molecular complexity index is 469. The van der Waals surface area contributed by atoms with Crippen molar-refractivity contribution >= 4 is 22.4 Å². The first-order chi connectivity index (χ1) is 9.44. The summed E-state index contributed by atoms with van der Waals surface area (Å²) in [7, 11) is 0. The van der Waals surface area contributed by atoms with Crippen LogP contribution in [0.4, 0.5) is 5.13 Å². The van der Waals surface area contributed by atoms with Gasteiger partial charge in [0.05, 0.1) is 5.69 Å². The molecule has 0 aromatic carbocycles. The number of hydrogen-bond donors (Lipinski definition) is 2. The molecular weight excluding hydrogens is 270 g/mol. The van der Waals surface area contributed by atoms with E-state index in [1.54, 1.807) is 0 Å². The molecule has 1 amide bonds. The van der Waals surface area contributed by atoms with Crippen molar-refractivity contribution in [3.05, 3.63) is 11.1 Å². The highest BCUT2D eigenvalue weighted by Crippen LogP contribution is 2.43. The maximum absolute atomic E-state index is 12.4. The van der Waals surface area contributed by atoms with Crippen LogP contribution in [0, 0.1) is 11.3 Å². The van der Waals surface area contributed by atoms with E-state index in [1.807, 2.05) is 5.38 Å². The summed E-state index contributed by atoms with van der Waals surface area (Å²) in [6.45, 7) is 9.45. The van der Waals surface area contributed by atoms with Crippen LogP contribution >= 0.6 is 11.3 Å². The lowest BCUT2D eigenvalue weighted by atomic mass is 9.81. The highest BCUT2D eigenvalue weighted by atomic mass is 32.1. The maximum atomic E-state index is 12.4. The van der Waals surface area contributed by atoms with Gasteiger partial charge in [0.2, 0.25) is 5.91 Å². The molecule has 0 saturated heterocycles.